The van der Waals surface area contributed by atoms with Gasteiger partial charge in [0, 0.05) is 55.4 Å². The lowest BCUT2D eigenvalue weighted by atomic mass is 9.80. The van der Waals surface area contributed by atoms with E-state index in [1.807, 2.05) is 49.1 Å². The lowest BCUT2D eigenvalue weighted by molar-refractivity contribution is -0.127. The molecule has 6 rings (SSSR count). The van der Waals surface area contributed by atoms with Gasteiger partial charge in [-0.1, -0.05) is 11.6 Å². The van der Waals surface area contributed by atoms with Crippen molar-refractivity contribution in [2.45, 2.75) is 24.4 Å². The van der Waals surface area contributed by atoms with Crippen LogP contribution >= 0.6 is 0 Å². The monoisotopic (exact) mass is 624 g/mol. The van der Waals surface area contributed by atoms with E-state index in [2.05, 4.69) is 20.9 Å². The molecule has 2 aliphatic rings. The molecule has 230 valence electrons. The molecule has 12 heteroatoms. The number of nitrogens with zero attached hydrogens (tertiary/aromatic N) is 6. The zero-order valence-electron chi connectivity index (χ0n) is 25.2. The number of aryl methyl sites for hydroxylation is 1. The molecule has 2 aromatic carbocycles. The number of sulfonamides is 1. The van der Waals surface area contributed by atoms with Gasteiger partial charge in [-0.25, -0.2) is 4.98 Å². The summed E-state index contributed by atoms with van der Waals surface area (Å²) in [6, 6.07) is 19.1. The Balaban J connectivity index is 1.58. The van der Waals surface area contributed by atoms with E-state index < -0.39 is 21.5 Å². The molecule has 0 spiro atoms. The van der Waals surface area contributed by atoms with Crippen molar-refractivity contribution in [1.82, 2.24) is 14.9 Å². The fourth-order valence-electron chi connectivity index (χ4n) is 6.22. The lowest BCUT2D eigenvalue weighted by Crippen LogP contribution is -2.60. The number of ether oxygens (including phenoxy) is 2. The molecule has 2 aliphatic heterocycles. The van der Waals surface area contributed by atoms with Crippen LogP contribution in [0.25, 0.3) is 0 Å². The van der Waals surface area contributed by atoms with Crippen molar-refractivity contribution in [2.24, 2.45) is 0 Å². The number of nitriles is 1. The molecular weight excluding hydrogens is 592 g/mol. The van der Waals surface area contributed by atoms with Gasteiger partial charge in [0.1, 0.15) is 11.5 Å². The smallest absolute Gasteiger partial charge is 0.288 e. The number of piperazine rings is 1. The number of pyridine rings is 2. The van der Waals surface area contributed by atoms with Crippen LogP contribution in [0.1, 0.15) is 29.2 Å². The Morgan fingerprint density at radius 3 is 2.38 bits per heavy atom. The molecule has 2 aromatic heterocycles. The van der Waals surface area contributed by atoms with Gasteiger partial charge in [0.2, 0.25) is 0 Å². The van der Waals surface area contributed by atoms with Gasteiger partial charge in [-0.3, -0.25) is 14.7 Å². The first kappa shape index (κ1) is 30.1. The van der Waals surface area contributed by atoms with E-state index in [0.717, 1.165) is 15.6 Å². The summed E-state index contributed by atoms with van der Waals surface area (Å²) >= 11 is 0. The van der Waals surface area contributed by atoms with Crippen molar-refractivity contribution >= 4 is 27.3 Å². The number of benzene rings is 2. The average molecular weight is 625 g/mol. The summed E-state index contributed by atoms with van der Waals surface area (Å²) in [5.74, 6) is 0.153. The van der Waals surface area contributed by atoms with Crippen LogP contribution in [0.15, 0.2) is 84.3 Å². The second-order valence-corrected chi connectivity index (χ2v) is 12.5. The average Bonchev–Trinajstić information content (AvgIpc) is 3.34. The Hall–Kier alpha value is -4.99. The van der Waals surface area contributed by atoms with E-state index in [1.165, 1.54) is 37.6 Å². The van der Waals surface area contributed by atoms with E-state index in [0.29, 0.717) is 61.0 Å². The number of carbonyl (C=O) groups excluding carboxylic acids is 1. The molecule has 45 heavy (non-hydrogen) atoms. The minimum Gasteiger partial charge on any atom is -0.495 e. The summed E-state index contributed by atoms with van der Waals surface area (Å²) in [6.07, 6.45) is 4.77. The largest absolute Gasteiger partial charge is 0.495 e. The molecule has 0 aliphatic carbocycles. The fraction of sp³-hybridized carbons (Fsp3) is 0.273. The number of hydrogen-bond donors (Lipinski definition) is 0. The zero-order chi connectivity index (χ0) is 31.8. The number of amides is 1. The SMILES string of the molecule is CCOc1ccc(C)cc1C1(N2CCN(c3ccncc3)CC2)C(=O)N(S(=O)(=O)c2ccc(OC)cn2)c2ccc(C#N)cc21. The summed E-state index contributed by atoms with van der Waals surface area (Å²) in [5, 5.41) is 9.64. The van der Waals surface area contributed by atoms with Crippen molar-refractivity contribution in [2.75, 3.05) is 49.1 Å². The van der Waals surface area contributed by atoms with Crippen molar-refractivity contribution in [3.8, 4) is 17.6 Å². The molecule has 11 nitrogen and oxygen atoms in total. The Bertz CT molecular complexity index is 1890. The van der Waals surface area contributed by atoms with Gasteiger partial charge >= 0.3 is 0 Å². The second-order valence-electron chi connectivity index (χ2n) is 10.8. The molecule has 1 fully saturated rings. The molecule has 1 unspecified atom stereocenters. The molecule has 0 N–H and O–H groups in total. The zero-order valence-corrected chi connectivity index (χ0v) is 26.0. The predicted octanol–water partition coefficient (Wildman–Crippen LogP) is 3.87. The van der Waals surface area contributed by atoms with Gasteiger partial charge in [-0.15, -0.1) is 0 Å². The number of carbonyl (C=O) groups is 1. The number of methoxy groups -OCH3 is 1. The summed E-state index contributed by atoms with van der Waals surface area (Å²) < 4.78 is 40.8. The highest BCUT2D eigenvalue weighted by Crippen LogP contribution is 2.53. The van der Waals surface area contributed by atoms with Gasteiger partial charge in [0.25, 0.3) is 15.9 Å². The number of aromatic nitrogens is 2. The molecule has 0 saturated carbocycles. The topological polar surface area (TPSA) is 129 Å². The number of fused-ring (bicyclic) bond motifs is 1. The van der Waals surface area contributed by atoms with E-state index >= 15 is 4.79 Å². The maximum absolute atomic E-state index is 15.2. The maximum atomic E-state index is 15.2. The van der Waals surface area contributed by atoms with E-state index in [-0.39, 0.29) is 10.7 Å². The second kappa shape index (κ2) is 11.8. The van der Waals surface area contributed by atoms with Crippen LogP contribution in [0.3, 0.4) is 0 Å². The van der Waals surface area contributed by atoms with Gasteiger partial charge in [0.05, 0.1) is 37.2 Å². The number of anilines is 2. The summed E-state index contributed by atoms with van der Waals surface area (Å²) in [6.45, 7) is 6.06. The van der Waals surface area contributed by atoms with Crippen LogP contribution in [-0.4, -0.2) is 69.1 Å². The van der Waals surface area contributed by atoms with Crippen LogP contribution in [0.2, 0.25) is 0 Å². The minimum atomic E-state index is -4.50. The van der Waals surface area contributed by atoms with Gasteiger partial charge in [0.15, 0.2) is 10.6 Å². The number of hydrogen-bond acceptors (Lipinski definition) is 10. The third-order valence-corrected chi connectivity index (χ3v) is 9.90. The number of rotatable bonds is 8. The molecular formula is C33H32N6O5S. The van der Waals surface area contributed by atoms with Crippen LogP contribution in [0, 0.1) is 18.3 Å². The highest BCUT2D eigenvalue weighted by atomic mass is 32.2. The highest BCUT2D eigenvalue weighted by Gasteiger charge is 2.61. The molecule has 1 amide bonds. The van der Waals surface area contributed by atoms with Gasteiger partial charge in [-0.05, 0) is 68.4 Å². The van der Waals surface area contributed by atoms with Gasteiger partial charge in [-0.2, -0.15) is 18.0 Å². The highest BCUT2D eigenvalue weighted by molar-refractivity contribution is 7.93. The van der Waals surface area contributed by atoms with E-state index in [4.69, 9.17) is 9.47 Å². The lowest BCUT2D eigenvalue weighted by Gasteiger charge is -2.46. The van der Waals surface area contributed by atoms with Crippen LogP contribution < -0.4 is 18.7 Å². The molecule has 1 saturated heterocycles. The maximum Gasteiger partial charge on any atom is 0.288 e. The van der Waals surface area contributed by atoms with Crippen LogP contribution in [0.4, 0.5) is 11.4 Å². The molecule has 0 radical (unpaired) electrons. The van der Waals surface area contributed by atoms with Crippen LogP contribution in [-0.2, 0) is 20.4 Å². The summed E-state index contributed by atoms with van der Waals surface area (Å²) in [4.78, 5) is 27.7. The van der Waals surface area contributed by atoms with Crippen molar-refractivity contribution in [1.29, 1.82) is 5.26 Å². The first-order chi connectivity index (χ1) is 21.7. The fourth-order valence-corrected chi connectivity index (χ4v) is 7.60. The normalized spacial score (nSPS) is 18.4. The Labute approximate surface area is 262 Å². The van der Waals surface area contributed by atoms with Crippen LogP contribution in [0.5, 0.6) is 11.5 Å². The predicted molar refractivity (Wildman–Crippen MR) is 168 cm³/mol. The Morgan fingerprint density at radius 1 is 0.978 bits per heavy atom. The molecule has 0 bridgehead atoms. The first-order valence-electron chi connectivity index (χ1n) is 14.5. The molecule has 1 atom stereocenters. The van der Waals surface area contributed by atoms with Gasteiger partial charge < -0.3 is 14.4 Å². The van der Waals surface area contributed by atoms with Crippen molar-refractivity contribution in [3.63, 3.8) is 0 Å². The summed E-state index contributed by atoms with van der Waals surface area (Å²) in [5.41, 5.74) is 1.63. The minimum absolute atomic E-state index is 0.164. The molecule has 4 heterocycles. The van der Waals surface area contributed by atoms with E-state index in [1.54, 1.807) is 18.5 Å². The van der Waals surface area contributed by atoms with Crippen molar-refractivity contribution in [3.05, 3.63) is 102 Å². The Kier molecular flexibility index (Phi) is 7.90. The first-order valence-corrected chi connectivity index (χ1v) is 16.0. The summed E-state index contributed by atoms with van der Waals surface area (Å²) in [7, 11) is -3.05. The van der Waals surface area contributed by atoms with Crippen molar-refractivity contribution < 1.29 is 22.7 Å². The third kappa shape index (κ3) is 4.94. The standard InChI is InChI=1S/C33H32N6O5S/c1-4-44-30-9-5-23(2)19-28(30)33(38-17-15-37(16-18-38)25-11-13-35-14-12-25)27-20-24(21-34)6-8-29(27)39(32(33)40)45(41,42)31-10-7-26(43-3)22-36-31/h5-14,19-20,22H,4,15-18H2,1-3H3. The quantitative estimate of drug-likeness (QED) is 0.285. The molecule has 4 aromatic rings. The van der Waals surface area contributed by atoms with E-state index in [9.17, 15) is 13.7 Å². The Morgan fingerprint density at radius 2 is 1.73 bits per heavy atom. The third-order valence-electron chi connectivity index (χ3n) is 8.28.